The van der Waals surface area contributed by atoms with Crippen LogP contribution in [0.4, 0.5) is 5.82 Å². The summed E-state index contributed by atoms with van der Waals surface area (Å²) in [6.45, 7) is 4.18. The average molecular weight is 317 g/mol. The predicted octanol–water partition coefficient (Wildman–Crippen LogP) is 2.82. The lowest BCUT2D eigenvalue weighted by Gasteiger charge is -2.31. The SMILES string of the molecule is CCC(CC)(CO)Nc1ccc2nnc(-c3ccsc3)n2n1. The molecule has 3 heterocycles. The molecule has 7 heteroatoms. The van der Waals surface area contributed by atoms with Gasteiger partial charge in [-0.25, -0.2) is 0 Å². The first-order chi connectivity index (χ1) is 10.7. The number of anilines is 1. The first kappa shape index (κ1) is 14.9. The van der Waals surface area contributed by atoms with Crippen molar-refractivity contribution in [3.05, 3.63) is 29.0 Å². The van der Waals surface area contributed by atoms with E-state index in [0.717, 1.165) is 24.2 Å². The zero-order chi connectivity index (χ0) is 15.6. The van der Waals surface area contributed by atoms with Crippen LogP contribution in [0.2, 0.25) is 0 Å². The number of hydrogen-bond acceptors (Lipinski definition) is 6. The summed E-state index contributed by atoms with van der Waals surface area (Å²) in [4.78, 5) is 0. The van der Waals surface area contributed by atoms with Crippen molar-refractivity contribution in [2.75, 3.05) is 11.9 Å². The zero-order valence-electron chi connectivity index (χ0n) is 12.7. The summed E-state index contributed by atoms with van der Waals surface area (Å²) in [5, 5.41) is 30.0. The number of fused-ring (bicyclic) bond motifs is 1. The first-order valence-electron chi connectivity index (χ1n) is 7.35. The van der Waals surface area contributed by atoms with Crippen LogP contribution in [0.5, 0.6) is 0 Å². The van der Waals surface area contributed by atoms with Gasteiger partial charge in [-0.3, -0.25) is 0 Å². The van der Waals surface area contributed by atoms with Gasteiger partial charge in [-0.1, -0.05) is 13.8 Å². The Bertz CT molecular complexity index is 740. The second-order valence-electron chi connectivity index (χ2n) is 5.29. The highest BCUT2D eigenvalue weighted by Crippen LogP contribution is 2.23. The van der Waals surface area contributed by atoms with E-state index in [1.165, 1.54) is 0 Å². The Labute approximate surface area is 132 Å². The fourth-order valence-corrected chi connectivity index (χ4v) is 3.02. The Hall–Kier alpha value is -1.99. The standard InChI is InChI=1S/C15H19N5OS/c1-3-15(4-2,10-21)16-12-5-6-13-17-18-14(20(13)19-12)11-7-8-22-9-11/h5-9,21H,3-4,10H2,1-2H3,(H,16,19). The molecule has 0 radical (unpaired) electrons. The second kappa shape index (κ2) is 6.02. The molecule has 3 rings (SSSR count). The van der Waals surface area contributed by atoms with Gasteiger partial charge in [-0.05, 0) is 36.4 Å². The van der Waals surface area contributed by atoms with Gasteiger partial charge in [0.2, 0.25) is 0 Å². The Morgan fingerprint density at radius 1 is 1.23 bits per heavy atom. The van der Waals surface area contributed by atoms with Gasteiger partial charge in [0.05, 0.1) is 12.1 Å². The number of aliphatic hydroxyl groups is 1. The maximum Gasteiger partial charge on any atom is 0.186 e. The molecule has 0 atom stereocenters. The van der Waals surface area contributed by atoms with E-state index in [1.54, 1.807) is 15.9 Å². The lowest BCUT2D eigenvalue weighted by molar-refractivity contribution is 0.202. The van der Waals surface area contributed by atoms with E-state index in [4.69, 9.17) is 0 Å². The van der Waals surface area contributed by atoms with Crippen LogP contribution in [0, 0.1) is 0 Å². The zero-order valence-corrected chi connectivity index (χ0v) is 13.5. The van der Waals surface area contributed by atoms with E-state index in [-0.39, 0.29) is 12.1 Å². The quantitative estimate of drug-likeness (QED) is 0.731. The molecule has 3 aromatic heterocycles. The highest BCUT2D eigenvalue weighted by atomic mass is 32.1. The summed E-state index contributed by atoms with van der Waals surface area (Å²) in [5.41, 5.74) is 1.35. The minimum absolute atomic E-state index is 0.0687. The normalized spacial score (nSPS) is 12.0. The van der Waals surface area contributed by atoms with Gasteiger partial charge in [0.25, 0.3) is 0 Å². The number of nitrogens with one attached hydrogen (secondary N) is 1. The third-order valence-electron chi connectivity index (χ3n) is 4.09. The molecule has 0 aromatic carbocycles. The fraction of sp³-hybridized carbons (Fsp3) is 0.400. The van der Waals surface area contributed by atoms with Crippen LogP contribution in [0.25, 0.3) is 17.0 Å². The third-order valence-corrected chi connectivity index (χ3v) is 4.77. The molecule has 0 fully saturated rings. The van der Waals surface area contributed by atoms with Gasteiger partial charge in [0, 0.05) is 10.9 Å². The van der Waals surface area contributed by atoms with Crippen molar-refractivity contribution in [1.29, 1.82) is 0 Å². The number of thiophene rings is 1. The summed E-state index contributed by atoms with van der Waals surface area (Å²) >= 11 is 1.61. The number of aromatic nitrogens is 4. The third kappa shape index (κ3) is 2.57. The second-order valence-corrected chi connectivity index (χ2v) is 6.07. The molecule has 0 aliphatic heterocycles. The Balaban J connectivity index is 2.00. The molecule has 2 N–H and O–H groups in total. The summed E-state index contributed by atoms with van der Waals surface area (Å²) in [6.07, 6.45) is 1.64. The van der Waals surface area contributed by atoms with Crippen molar-refractivity contribution < 1.29 is 5.11 Å². The summed E-state index contributed by atoms with van der Waals surface area (Å²) < 4.78 is 1.73. The molecular weight excluding hydrogens is 298 g/mol. The topological polar surface area (TPSA) is 75.3 Å². The van der Waals surface area contributed by atoms with Gasteiger partial charge in [0.15, 0.2) is 11.5 Å². The smallest absolute Gasteiger partial charge is 0.186 e. The molecule has 0 saturated heterocycles. The minimum atomic E-state index is -0.350. The average Bonchev–Trinajstić information content (AvgIpc) is 3.21. The van der Waals surface area contributed by atoms with Crippen molar-refractivity contribution in [3.63, 3.8) is 0 Å². The monoisotopic (exact) mass is 317 g/mol. The number of hydrogen-bond donors (Lipinski definition) is 2. The van der Waals surface area contributed by atoms with Crippen LogP contribution in [0.1, 0.15) is 26.7 Å². The van der Waals surface area contributed by atoms with Gasteiger partial charge in [-0.15, -0.1) is 15.3 Å². The van der Waals surface area contributed by atoms with E-state index >= 15 is 0 Å². The molecule has 6 nitrogen and oxygen atoms in total. The van der Waals surface area contributed by atoms with E-state index in [2.05, 4.69) is 34.5 Å². The van der Waals surface area contributed by atoms with Crippen LogP contribution in [-0.4, -0.2) is 37.1 Å². The molecule has 116 valence electrons. The lowest BCUT2D eigenvalue weighted by Crippen LogP contribution is -2.41. The fourth-order valence-electron chi connectivity index (χ4n) is 2.39. The largest absolute Gasteiger partial charge is 0.394 e. The molecule has 0 aliphatic carbocycles. The summed E-state index contributed by atoms with van der Waals surface area (Å²) in [7, 11) is 0. The number of aliphatic hydroxyl groups excluding tert-OH is 1. The Morgan fingerprint density at radius 2 is 2.05 bits per heavy atom. The number of rotatable bonds is 6. The van der Waals surface area contributed by atoms with Crippen LogP contribution >= 0.6 is 11.3 Å². The van der Waals surface area contributed by atoms with Crippen molar-refractivity contribution in [2.24, 2.45) is 0 Å². The highest BCUT2D eigenvalue weighted by molar-refractivity contribution is 7.08. The van der Waals surface area contributed by atoms with Crippen LogP contribution in [0.15, 0.2) is 29.0 Å². The molecule has 0 saturated carbocycles. The Kier molecular flexibility index (Phi) is 4.08. The van der Waals surface area contributed by atoms with Crippen LogP contribution in [0.3, 0.4) is 0 Å². The molecule has 3 aromatic rings. The van der Waals surface area contributed by atoms with Gasteiger partial charge in [0.1, 0.15) is 5.82 Å². The maximum absolute atomic E-state index is 9.70. The van der Waals surface area contributed by atoms with E-state index in [0.29, 0.717) is 11.5 Å². The molecule has 0 amide bonds. The maximum atomic E-state index is 9.70. The van der Waals surface area contributed by atoms with Crippen molar-refractivity contribution >= 4 is 22.8 Å². The molecule has 0 aliphatic rings. The van der Waals surface area contributed by atoms with Crippen molar-refractivity contribution in [1.82, 2.24) is 19.8 Å². The van der Waals surface area contributed by atoms with E-state index < -0.39 is 0 Å². The molecule has 0 spiro atoms. The Morgan fingerprint density at radius 3 is 2.68 bits per heavy atom. The van der Waals surface area contributed by atoms with Crippen molar-refractivity contribution in [2.45, 2.75) is 32.2 Å². The van der Waals surface area contributed by atoms with Gasteiger partial charge < -0.3 is 10.4 Å². The predicted molar refractivity (Wildman–Crippen MR) is 88.1 cm³/mol. The molecule has 0 unspecified atom stereocenters. The molecule has 0 bridgehead atoms. The lowest BCUT2D eigenvalue weighted by atomic mass is 9.94. The van der Waals surface area contributed by atoms with Crippen LogP contribution in [-0.2, 0) is 0 Å². The molecular formula is C15H19N5OS. The minimum Gasteiger partial charge on any atom is -0.394 e. The van der Waals surface area contributed by atoms with E-state index in [9.17, 15) is 5.11 Å². The van der Waals surface area contributed by atoms with Gasteiger partial charge in [-0.2, -0.15) is 15.9 Å². The summed E-state index contributed by atoms with van der Waals surface area (Å²) in [6, 6.07) is 5.75. The van der Waals surface area contributed by atoms with E-state index in [1.807, 2.05) is 29.0 Å². The van der Waals surface area contributed by atoms with Crippen LogP contribution < -0.4 is 5.32 Å². The highest BCUT2D eigenvalue weighted by Gasteiger charge is 2.25. The number of nitrogens with zero attached hydrogens (tertiary/aromatic N) is 4. The van der Waals surface area contributed by atoms with Gasteiger partial charge >= 0.3 is 0 Å². The molecule has 22 heavy (non-hydrogen) atoms. The summed E-state index contributed by atoms with van der Waals surface area (Å²) in [5.74, 6) is 1.43. The first-order valence-corrected chi connectivity index (χ1v) is 8.29. The van der Waals surface area contributed by atoms with Crippen molar-refractivity contribution in [3.8, 4) is 11.4 Å².